The van der Waals surface area contributed by atoms with E-state index >= 15 is 0 Å². The van der Waals surface area contributed by atoms with Crippen LogP contribution >= 0.6 is 0 Å². The minimum absolute atomic E-state index is 0.244. The minimum Gasteiger partial charge on any atom is -0.504 e. The third-order valence-electron chi connectivity index (χ3n) is 5.54. The van der Waals surface area contributed by atoms with Crippen LogP contribution in [0.25, 0.3) is 0 Å². The zero-order chi connectivity index (χ0) is 16.1. The summed E-state index contributed by atoms with van der Waals surface area (Å²) in [6, 6.07) is 9.01. The first-order chi connectivity index (χ1) is 11.1. The number of methoxy groups -OCH3 is 1. The van der Waals surface area contributed by atoms with Gasteiger partial charge in [-0.15, -0.1) is 0 Å². The Kier molecular flexibility index (Phi) is 3.34. The summed E-state index contributed by atoms with van der Waals surface area (Å²) >= 11 is 0. The van der Waals surface area contributed by atoms with Gasteiger partial charge in [-0.2, -0.15) is 0 Å². The van der Waals surface area contributed by atoms with E-state index in [1.165, 1.54) is 27.8 Å². The number of aryl methyl sites for hydroxylation is 2. The van der Waals surface area contributed by atoms with E-state index in [0.717, 1.165) is 31.5 Å². The second-order valence-electron chi connectivity index (χ2n) is 6.83. The molecule has 0 radical (unpaired) electrons. The van der Waals surface area contributed by atoms with Gasteiger partial charge in [-0.05, 0) is 60.6 Å². The monoisotopic (exact) mass is 309 g/mol. The van der Waals surface area contributed by atoms with Crippen LogP contribution in [0.2, 0.25) is 0 Å². The average Bonchev–Trinajstić information content (AvgIpc) is 2.54. The summed E-state index contributed by atoms with van der Waals surface area (Å²) in [5.41, 5.74) is 8.20. The lowest BCUT2D eigenvalue weighted by atomic mass is 9.82. The highest BCUT2D eigenvalue weighted by molar-refractivity contribution is 5.52. The summed E-state index contributed by atoms with van der Waals surface area (Å²) in [5, 5.41) is 10.0. The van der Waals surface area contributed by atoms with Gasteiger partial charge in [0.15, 0.2) is 11.5 Å². The third-order valence-corrected chi connectivity index (χ3v) is 5.54. The number of fused-ring (bicyclic) bond motifs is 4. The van der Waals surface area contributed by atoms with Crippen LogP contribution in [0.5, 0.6) is 11.5 Å². The summed E-state index contributed by atoms with van der Waals surface area (Å²) in [4.78, 5) is 2.53. The van der Waals surface area contributed by atoms with Gasteiger partial charge in [0.1, 0.15) is 0 Å². The molecule has 0 saturated heterocycles. The standard InChI is InChI=1S/C20H23NO2/c1-12-8-15-6-7-21-11-17-14(4-5-19(22)20(17)23-3)10-18(21)16(15)9-13(12)2/h4-5,8-9,18,22H,6-7,10-11H2,1-3H3. The van der Waals surface area contributed by atoms with E-state index in [0.29, 0.717) is 11.8 Å². The highest BCUT2D eigenvalue weighted by Crippen LogP contribution is 2.43. The molecule has 0 saturated carbocycles. The largest absolute Gasteiger partial charge is 0.504 e. The molecule has 2 heterocycles. The molecule has 1 N–H and O–H groups in total. The molecule has 4 rings (SSSR count). The van der Waals surface area contributed by atoms with Crippen LogP contribution in [0.3, 0.4) is 0 Å². The van der Waals surface area contributed by atoms with Gasteiger partial charge < -0.3 is 9.84 Å². The van der Waals surface area contributed by atoms with E-state index in [9.17, 15) is 5.11 Å². The summed E-state index contributed by atoms with van der Waals surface area (Å²) in [6.07, 6.45) is 2.09. The quantitative estimate of drug-likeness (QED) is 0.872. The third kappa shape index (κ3) is 2.22. The first-order valence-corrected chi connectivity index (χ1v) is 8.30. The first kappa shape index (κ1) is 14.6. The Labute approximate surface area is 137 Å². The van der Waals surface area contributed by atoms with Crippen molar-refractivity contribution in [2.75, 3.05) is 13.7 Å². The van der Waals surface area contributed by atoms with Crippen molar-refractivity contribution in [1.82, 2.24) is 4.90 Å². The fourth-order valence-corrected chi connectivity index (χ4v) is 4.13. The van der Waals surface area contributed by atoms with E-state index in [4.69, 9.17) is 4.74 Å². The number of nitrogens with zero attached hydrogens (tertiary/aromatic N) is 1. The molecule has 0 aromatic heterocycles. The van der Waals surface area contributed by atoms with Gasteiger partial charge in [0.25, 0.3) is 0 Å². The molecule has 2 aromatic rings. The highest BCUT2D eigenvalue weighted by atomic mass is 16.5. The summed E-state index contributed by atoms with van der Waals surface area (Å²) in [7, 11) is 1.64. The second-order valence-corrected chi connectivity index (χ2v) is 6.83. The van der Waals surface area contributed by atoms with Crippen LogP contribution in [0.4, 0.5) is 0 Å². The molecule has 2 aliphatic rings. The van der Waals surface area contributed by atoms with Crippen molar-refractivity contribution < 1.29 is 9.84 Å². The lowest BCUT2D eigenvalue weighted by Gasteiger charge is -2.42. The molecule has 23 heavy (non-hydrogen) atoms. The van der Waals surface area contributed by atoms with Gasteiger partial charge in [0.2, 0.25) is 0 Å². The maximum atomic E-state index is 10.0. The molecule has 0 amide bonds. The predicted molar refractivity (Wildman–Crippen MR) is 91.1 cm³/mol. The van der Waals surface area contributed by atoms with Crippen molar-refractivity contribution in [1.29, 1.82) is 0 Å². The van der Waals surface area contributed by atoms with Gasteiger partial charge in [0.05, 0.1) is 7.11 Å². The van der Waals surface area contributed by atoms with E-state index in [2.05, 4.69) is 36.9 Å². The van der Waals surface area contributed by atoms with Crippen molar-refractivity contribution in [3.05, 3.63) is 57.6 Å². The van der Waals surface area contributed by atoms with Gasteiger partial charge in [-0.3, -0.25) is 4.90 Å². The molecule has 2 aromatic carbocycles. The normalized spacial score (nSPS) is 19.7. The van der Waals surface area contributed by atoms with Crippen LogP contribution in [0.15, 0.2) is 24.3 Å². The molecule has 0 fully saturated rings. The number of ether oxygens (including phenoxy) is 1. The maximum absolute atomic E-state index is 10.0. The van der Waals surface area contributed by atoms with Gasteiger partial charge in [-0.1, -0.05) is 18.2 Å². The fourth-order valence-electron chi connectivity index (χ4n) is 4.13. The van der Waals surface area contributed by atoms with Crippen molar-refractivity contribution in [3.63, 3.8) is 0 Å². The van der Waals surface area contributed by atoms with Crippen molar-refractivity contribution in [2.45, 2.75) is 39.3 Å². The van der Waals surface area contributed by atoms with Crippen LogP contribution < -0.4 is 4.74 Å². The van der Waals surface area contributed by atoms with E-state index in [1.54, 1.807) is 13.2 Å². The van der Waals surface area contributed by atoms with Crippen LogP contribution in [0, 0.1) is 13.8 Å². The molecule has 3 nitrogen and oxygen atoms in total. The predicted octanol–water partition coefficient (Wildman–Crippen LogP) is 3.67. The number of phenolic OH excluding ortho intramolecular Hbond substituents is 1. The zero-order valence-corrected chi connectivity index (χ0v) is 14.0. The minimum atomic E-state index is 0.244. The molecule has 1 unspecified atom stereocenters. The molecule has 3 heteroatoms. The fraction of sp³-hybridized carbons (Fsp3) is 0.400. The number of hydrogen-bond donors (Lipinski definition) is 1. The van der Waals surface area contributed by atoms with Crippen LogP contribution in [-0.2, 0) is 19.4 Å². The number of aromatic hydroxyl groups is 1. The Hall–Kier alpha value is -2.00. The Morgan fingerprint density at radius 1 is 1.13 bits per heavy atom. The molecule has 0 aliphatic carbocycles. The zero-order valence-electron chi connectivity index (χ0n) is 14.0. The first-order valence-electron chi connectivity index (χ1n) is 8.30. The van der Waals surface area contributed by atoms with Gasteiger partial charge >= 0.3 is 0 Å². The van der Waals surface area contributed by atoms with E-state index in [-0.39, 0.29) is 5.75 Å². The Balaban J connectivity index is 1.79. The van der Waals surface area contributed by atoms with Gasteiger partial charge in [0, 0.05) is 24.7 Å². The molecule has 1 atom stereocenters. The Morgan fingerprint density at radius 3 is 2.70 bits per heavy atom. The average molecular weight is 309 g/mol. The molecule has 0 spiro atoms. The van der Waals surface area contributed by atoms with Gasteiger partial charge in [-0.25, -0.2) is 0 Å². The van der Waals surface area contributed by atoms with Crippen LogP contribution in [-0.4, -0.2) is 23.7 Å². The lowest BCUT2D eigenvalue weighted by molar-refractivity contribution is 0.158. The lowest BCUT2D eigenvalue weighted by Crippen LogP contribution is -2.39. The van der Waals surface area contributed by atoms with E-state index in [1.807, 2.05) is 0 Å². The summed E-state index contributed by atoms with van der Waals surface area (Å²) in [6.45, 7) is 6.32. The molecular weight excluding hydrogens is 286 g/mol. The summed E-state index contributed by atoms with van der Waals surface area (Å²) in [5.74, 6) is 0.889. The van der Waals surface area contributed by atoms with Crippen molar-refractivity contribution in [3.8, 4) is 11.5 Å². The summed E-state index contributed by atoms with van der Waals surface area (Å²) < 4.78 is 5.45. The molecular formula is C20H23NO2. The topological polar surface area (TPSA) is 32.7 Å². The second kappa shape index (κ2) is 5.27. The molecule has 2 aliphatic heterocycles. The van der Waals surface area contributed by atoms with Crippen LogP contribution in [0.1, 0.15) is 39.4 Å². The van der Waals surface area contributed by atoms with E-state index < -0.39 is 0 Å². The number of hydrogen-bond acceptors (Lipinski definition) is 3. The SMILES string of the molecule is COc1c(O)ccc2c1CN1CCc3cc(C)c(C)cc3C1C2. The molecule has 120 valence electrons. The Morgan fingerprint density at radius 2 is 1.91 bits per heavy atom. The van der Waals surface area contributed by atoms with Crippen molar-refractivity contribution in [2.24, 2.45) is 0 Å². The maximum Gasteiger partial charge on any atom is 0.165 e. The number of rotatable bonds is 1. The number of benzene rings is 2. The highest BCUT2D eigenvalue weighted by Gasteiger charge is 2.34. The Bertz CT molecular complexity index is 782. The smallest absolute Gasteiger partial charge is 0.165 e. The van der Waals surface area contributed by atoms with Crippen molar-refractivity contribution >= 4 is 0 Å². The molecule has 0 bridgehead atoms. The number of phenols is 1.